The second-order valence-corrected chi connectivity index (χ2v) is 2.79. The fourth-order valence-electron chi connectivity index (χ4n) is 1.01. The molecule has 0 aromatic heterocycles. The van der Waals surface area contributed by atoms with Gasteiger partial charge in [-0.2, -0.15) is 13.2 Å². The molecule has 0 aliphatic carbocycles. The zero-order valence-corrected chi connectivity index (χ0v) is 9.10. The molecule has 7 heteroatoms. The lowest BCUT2D eigenvalue weighted by Gasteiger charge is -2.20. The summed E-state index contributed by atoms with van der Waals surface area (Å²) in [6.07, 6.45) is -4.78. The molecule has 0 amide bonds. The fourth-order valence-corrected chi connectivity index (χ4v) is 1.01. The van der Waals surface area contributed by atoms with E-state index >= 15 is 0 Å². The third-order valence-electron chi connectivity index (χ3n) is 1.58. The second kappa shape index (κ2) is 5.53. The van der Waals surface area contributed by atoms with E-state index in [1.807, 2.05) is 0 Å². The van der Waals surface area contributed by atoms with Gasteiger partial charge in [-0.3, -0.25) is 4.99 Å². The first kappa shape index (κ1) is 14.5. The van der Waals surface area contributed by atoms with Crippen molar-refractivity contribution in [2.24, 2.45) is 4.99 Å². The van der Waals surface area contributed by atoms with Crippen LogP contribution in [0.4, 0.5) is 13.2 Å². The summed E-state index contributed by atoms with van der Waals surface area (Å²) in [5.41, 5.74) is -2.77. The first-order chi connectivity index (χ1) is 7.25. The summed E-state index contributed by atoms with van der Waals surface area (Å²) < 4.78 is 41.9. The topological polar surface area (TPSA) is 68.5 Å². The molecule has 0 heterocycles. The Kier molecular flexibility index (Phi) is 5.00. The lowest BCUT2D eigenvalue weighted by Crippen LogP contribution is -2.31. The van der Waals surface area contributed by atoms with Crippen LogP contribution in [0.1, 0.15) is 13.8 Å². The van der Waals surface area contributed by atoms with Crippen LogP contribution in [0.5, 0.6) is 0 Å². The van der Waals surface area contributed by atoms with Gasteiger partial charge in [0.05, 0.1) is 5.95 Å². The summed E-state index contributed by atoms with van der Waals surface area (Å²) in [7, 11) is 0.908. The van der Waals surface area contributed by atoms with Crippen molar-refractivity contribution in [3.8, 4) is 0 Å². The largest absolute Gasteiger partial charge is 0.613 e. The highest BCUT2D eigenvalue weighted by molar-refractivity contribution is 6.24. The maximum Gasteiger partial charge on any atom is 0.433 e. The predicted molar refractivity (Wildman–Crippen MR) is 51.5 cm³/mol. The van der Waals surface area contributed by atoms with E-state index in [1.54, 1.807) is 0 Å². The van der Waals surface area contributed by atoms with Crippen LogP contribution in [-0.2, 0) is 4.74 Å². The number of hydrogen-bond acceptors (Lipinski definition) is 4. The minimum absolute atomic E-state index is 0.0650. The van der Waals surface area contributed by atoms with Crippen molar-refractivity contribution in [3.05, 3.63) is 11.5 Å². The lowest BCUT2D eigenvalue weighted by molar-refractivity contribution is -0.357. The third-order valence-corrected chi connectivity index (χ3v) is 1.58. The Balaban J connectivity index is 5.55. The second-order valence-electron chi connectivity index (χ2n) is 2.79. The van der Waals surface area contributed by atoms with Crippen molar-refractivity contribution in [1.82, 2.24) is 0 Å². The van der Waals surface area contributed by atoms with Gasteiger partial charge in [-0.15, -0.1) is 0 Å². The van der Waals surface area contributed by atoms with Gasteiger partial charge in [0.1, 0.15) is 5.71 Å². The molecule has 0 rings (SSSR count). The van der Waals surface area contributed by atoms with Crippen LogP contribution in [0, 0.1) is 5.41 Å². The molecule has 4 nitrogen and oxygen atoms in total. The Morgan fingerprint density at radius 1 is 1.44 bits per heavy atom. The first-order valence-corrected chi connectivity index (χ1v) is 4.39. The van der Waals surface area contributed by atoms with E-state index in [4.69, 9.17) is 5.41 Å². The number of aliphatic imine (C=N–C) groups is 1. The number of ether oxygens (including phenoxy) is 1. The molecule has 0 spiro atoms. The van der Waals surface area contributed by atoms with Crippen molar-refractivity contribution in [3.63, 3.8) is 0 Å². The molecule has 0 radical (unpaired) electrons. The quantitative estimate of drug-likeness (QED) is 0.591. The van der Waals surface area contributed by atoms with Crippen LogP contribution in [-0.4, -0.2) is 31.3 Å². The number of halogens is 3. The highest BCUT2D eigenvalue weighted by atomic mass is 19.4. The van der Waals surface area contributed by atoms with Gasteiger partial charge in [-0.25, -0.2) is 0 Å². The Bertz CT molecular complexity index is 332. The molecule has 16 heavy (non-hydrogen) atoms. The summed E-state index contributed by atoms with van der Waals surface area (Å²) in [5.74, 6) is -1.19. The zero-order valence-electron chi connectivity index (χ0n) is 9.10. The van der Waals surface area contributed by atoms with Crippen LogP contribution in [0.25, 0.3) is 0 Å². The molecule has 1 N–H and O–H groups in total. The average molecular weight is 237 g/mol. The number of rotatable bonds is 4. The SMILES string of the molecule is CCOC([O-])=C(C(C)=N)C(=NC)C(F)(F)F. The molecular weight excluding hydrogens is 225 g/mol. The molecule has 0 fully saturated rings. The van der Waals surface area contributed by atoms with Crippen molar-refractivity contribution in [2.45, 2.75) is 20.0 Å². The molecule has 0 aliphatic heterocycles. The van der Waals surface area contributed by atoms with Gasteiger partial charge in [0.15, 0.2) is 0 Å². The van der Waals surface area contributed by atoms with Gasteiger partial charge in [-0.1, -0.05) is 6.92 Å². The summed E-state index contributed by atoms with van der Waals surface area (Å²) in [6, 6.07) is 0. The summed E-state index contributed by atoms with van der Waals surface area (Å²) in [6.45, 7) is 2.47. The van der Waals surface area contributed by atoms with Crippen molar-refractivity contribution >= 4 is 11.4 Å². The molecule has 92 valence electrons. The third kappa shape index (κ3) is 3.56. The summed E-state index contributed by atoms with van der Waals surface area (Å²) in [4.78, 5) is 3.00. The molecule has 0 aromatic carbocycles. The van der Waals surface area contributed by atoms with Gasteiger partial charge < -0.3 is 15.3 Å². The standard InChI is InChI=1S/C9H13F3N2O2/c1-4-16-8(15)6(5(2)13)7(14-3)9(10,11)12/h13,15H,4H2,1-3H3/p-1. The number of allylic oxidation sites excluding steroid dienone is 1. The Labute approximate surface area is 91.0 Å². The molecule has 0 saturated carbocycles. The van der Waals surface area contributed by atoms with Crippen LogP contribution in [0.2, 0.25) is 0 Å². The molecule has 0 aliphatic rings. The summed E-state index contributed by atoms with van der Waals surface area (Å²) in [5, 5.41) is 18.4. The maximum atomic E-state index is 12.5. The van der Waals surface area contributed by atoms with E-state index in [2.05, 4.69) is 9.73 Å². The molecule has 0 atom stereocenters. The average Bonchev–Trinajstić information content (AvgIpc) is 2.11. The van der Waals surface area contributed by atoms with Crippen molar-refractivity contribution < 1.29 is 23.0 Å². The number of nitrogens with zero attached hydrogens (tertiary/aromatic N) is 1. The maximum absolute atomic E-state index is 12.5. The Morgan fingerprint density at radius 2 is 1.94 bits per heavy atom. The highest BCUT2D eigenvalue weighted by Crippen LogP contribution is 2.24. The van der Waals surface area contributed by atoms with Crippen LogP contribution in [0.3, 0.4) is 0 Å². The summed E-state index contributed by atoms with van der Waals surface area (Å²) >= 11 is 0. The lowest BCUT2D eigenvalue weighted by atomic mass is 10.1. The number of alkyl halides is 3. The number of nitrogens with one attached hydrogen (secondary N) is 1. The van der Waals surface area contributed by atoms with E-state index < -0.39 is 29.1 Å². The van der Waals surface area contributed by atoms with Gasteiger partial charge in [0.2, 0.25) is 0 Å². The molecule has 0 unspecified atom stereocenters. The normalized spacial score (nSPS) is 14.5. The molecular formula is C9H12F3N2O2-. The van der Waals surface area contributed by atoms with Gasteiger partial charge in [0, 0.05) is 18.3 Å². The Hall–Kier alpha value is -1.53. The van der Waals surface area contributed by atoms with Crippen LogP contribution in [0.15, 0.2) is 16.5 Å². The van der Waals surface area contributed by atoms with Crippen LogP contribution < -0.4 is 5.11 Å². The predicted octanol–water partition coefficient (Wildman–Crippen LogP) is 1.27. The van der Waals surface area contributed by atoms with E-state index in [0.717, 1.165) is 14.0 Å². The van der Waals surface area contributed by atoms with Gasteiger partial charge in [0.25, 0.3) is 0 Å². The van der Waals surface area contributed by atoms with E-state index in [-0.39, 0.29) is 6.61 Å². The molecule has 0 aromatic rings. The van der Waals surface area contributed by atoms with E-state index in [0.29, 0.717) is 0 Å². The Morgan fingerprint density at radius 3 is 2.19 bits per heavy atom. The van der Waals surface area contributed by atoms with Crippen molar-refractivity contribution in [1.29, 1.82) is 5.41 Å². The highest BCUT2D eigenvalue weighted by Gasteiger charge is 2.38. The zero-order chi connectivity index (χ0) is 12.9. The number of hydrogen-bond donors (Lipinski definition) is 1. The van der Waals surface area contributed by atoms with Crippen LogP contribution >= 0.6 is 0 Å². The first-order valence-electron chi connectivity index (χ1n) is 4.39. The van der Waals surface area contributed by atoms with Crippen molar-refractivity contribution in [2.75, 3.05) is 13.7 Å². The molecule has 0 bridgehead atoms. The monoisotopic (exact) mass is 237 g/mol. The molecule has 0 saturated heterocycles. The van der Waals surface area contributed by atoms with E-state index in [1.165, 1.54) is 6.92 Å². The fraction of sp³-hybridized carbons (Fsp3) is 0.556. The minimum atomic E-state index is -4.78. The van der Waals surface area contributed by atoms with Gasteiger partial charge in [-0.05, 0) is 13.5 Å². The smallest absolute Gasteiger partial charge is 0.433 e. The minimum Gasteiger partial charge on any atom is -0.613 e. The van der Waals surface area contributed by atoms with Gasteiger partial charge >= 0.3 is 6.18 Å². The van der Waals surface area contributed by atoms with E-state index in [9.17, 15) is 18.3 Å².